The van der Waals surface area contributed by atoms with E-state index in [9.17, 15) is 18.0 Å². The van der Waals surface area contributed by atoms with E-state index in [1.807, 2.05) is 24.3 Å². The minimum absolute atomic E-state index is 0.00229. The van der Waals surface area contributed by atoms with Gasteiger partial charge in [0.15, 0.2) is 5.78 Å². The molecule has 1 aliphatic rings. The van der Waals surface area contributed by atoms with Crippen LogP contribution in [0.1, 0.15) is 60.7 Å². The molecule has 0 aromatic heterocycles. The highest BCUT2D eigenvalue weighted by Crippen LogP contribution is 2.26. The van der Waals surface area contributed by atoms with Gasteiger partial charge in [0.1, 0.15) is 0 Å². The lowest BCUT2D eigenvalue weighted by Gasteiger charge is -2.30. The standard InChI is InChI=1S/C30H33ClN2O4S/c1-30(2,3)25-12-10-22(11-13-25)28(34)24-7-5-9-27(19-24)32-29(35)23-14-16-33(17-15-23)38(36,37)20-21-6-4-8-26(31)18-21/h4-13,18-19,23H,14-17,20H2,1-3H3,(H,32,35). The van der Waals surface area contributed by atoms with Crippen LogP contribution in [-0.2, 0) is 26.0 Å². The number of amides is 1. The van der Waals surface area contributed by atoms with Gasteiger partial charge in [-0.15, -0.1) is 0 Å². The summed E-state index contributed by atoms with van der Waals surface area (Å²) in [6.07, 6.45) is 0.860. The van der Waals surface area contributed by atoms with Crippen LogP contribution in [0.25, 0.3) is 0 Å². The summed E-state index contributed by atoms with van der Waals surface area (Å²) in [5, 5.41) is 3.41. The van der Waals surface area contributed by atoms with Crippen LogP contribution in [-0.4, -0.2) is 37.5 Å². The Balaban J connectivity index is 1.35. The molecule has 1 heterocycles. The van der Waals surface area contributed by atoms with E-state index >= 15 is 0 Å². The highest BCUT2D eigenvalue weighted by molar-refractivity contribution is 7.88. The Morgan fingerprint density at radius 1 is 0.921 bits per heavy atom. The zero-order chi connectivity index (χ0) is 27.5. The maximum absolute atomic E-state index is 13.0. The van der Waals surface area contributed by atoms with Crippen molar-refractivity contribution in [2.75, 3.05) is 18.4 Å². The van der Waals surface area contributed by atoms with Crippen LogP contribution in [0.15, 0.2) is 72.8 Å². The summed E-state index contributed by atoms with van der Waals surface area (Å²) in [6, 6.07) is 21.4. The van der Waals surface area contributed by atoms with E-state index in [2.05, 4.69) is 26.1 Å². The zero-order valence-corrected chi connectivity index (χ0v) is 23.5. The summed E-state index contributed by atoms with van der Waals surface area (Å²) < 4.78 is 27.2. The van der Waals surface area contributed by atoms with E-state index in [0.29, 0.717) is 40.2 Å². The van der Waals surface area contributed by atoms with Gasteiger partial charge >= 0.3 is 0 Å². The average molecular weight is 553 g/mol. The van der Waals surface area contributed by atoms with Gasteiger partial charge in [0.25, 0.3) is 0 Å². The van der Waals surface area contributed by atoms with Crippen molar-refractivity contribution >= 4 is 39.0 Å². The van der Waals surface area contributed by atoms with Gasteiger partial charge in [0.2, 0.25) is 15.9 Å². The molecule has 0 unspecified atom stereocenters. The number of piperidine rings is 1. The fourth-order valence-electron chi connectivity index (χ4n) is 4.60. The summed E-state index contributed by atoms with van der Waals surface area (Å²) in [5.41, 5.74) is 3.42. The van der Waals surface area contributed by atoms with Gasteiger partial charge in [0, 0.05) is 40.8 Å². The molecule has 3 aromatic carbocycles. The normalized spacial score (nSPS) is 15.3. The molecular weight excluding hydrogens is 520 g/mol. The van der Waals surface area contributed by atoms with Crippen LogP contribution in [0.5, 0.6) is 0 Å². The molecule has 0 bridgehead atoms. The molecule has 200 valence electrons. The summed E-state index contributed by atoms with van der Waals surface area (Å²) in [4.78, 5) is 26.0. The predicted octanol–water partition coefficient (Wildman–Crippen LogP) is 6.05. The number of hydrogen-bond acceptors (Lipinski definition) is 4. The monoisotopic (exact) mass is 552 g/mol. The van der Waals surface area contributed by atoms with Gasteiger partial charge in [0.05, 0.1) is 5.75 Å². The number of carbonyl (C=O) groups excluding carboxylic acids is 2. The molecule has 0 radical (unpaired) electrons. The molecular formula is C30H33ClN2O4S. The Morgan fingerprint density at radius 3 is 2.21 bits per heavy atom. The SMILES string of the molecule is CC(C)(C)c1ccc(C(=O)c2cccc(NC(=O)C3CCN(S(=O)(=O)Cc4cccc(Cl)c4)CC3)c2)cc1. The molecule has 1 aliphatic heterocycles. The number of halogens is 1. The van der Waals surface area contributed by atoms with Crippen molar-refractivity contribution in [2.24, 2.45) is 5.92 Å². The number of benzene rings is 3. The van der Waals surface area contributed by atoms with Crippen molar-refractivity contribution in [3.05, 3.63) is 100 Å². The molecule has 1 N–H and O–H groups in total. The Labute approximate surface area is 230 Å². The van der Waals surface area contributed by atoms with Gasteiger partial charge in [-0.3, -0.25) is 9.59 Å². The summed E-state index contributed by atoms with van der Waals surface area (Å²) in [7, 11) is -3.51. The number of ketones is 1. The number of carbonyl (C=O) groups is 2. The van der Waals surface area contributed by atoms with E-state index in [4.69, 9.17) is 11.6 Å². The second-order valence-electron chi connectivity index (χ2n) is 10.8. The first-order valence-corrected chi connectivity index (χ1v) is 14.7. The third kappa shape index (κ3) is 6.90. The van der Waals surface area contributed by atoms with Crippen molar-refractivity contribution in [3.63, 3.8) is 0 Å². The van der Waals surface area contributed by atoms with Crippen LogP contribution in [0.3, 0.4) is 0 Å². The third-order valence-electron chi connectivity index (χ3n) is 6.86. The third-order valence-corrected chi connectivity index (χ3v) is 8.95. The fraction of sp³-hybridized carbons (Fsp3) is 0.333. The Bertz CT molecular complexity index is 1420. The van der Waals surface area contributed by atoms with E-state index in [-0.39, 0.29) is 41.9 Å². The Kier molecular flexibility index (Phi) is 8.40. The topological polar surface area (TPSA) is 83.6 Å². The summed E-state index contributed by atoms with van der Waals surface area (Å²) in [5.74, 6) is -0.711. The van der Waals surface area contributed by atoms with E-state index in [1.165, 1.54) is 4.31 Å². The lowest BCUT2D eigenvalue weighted by molar-refractivity contribution is -0.120. The Morgan fingerprint density at radius 2 is 1.58 bits per heavy atom. The van der Waals surface area contributed by atoms with Crippen LogP contribution < -0.4 is 5.32 Å². The van der Waals surface area contributed by atoms with Gasteiger partial charge in [-0.1, -0.05) is 80.9 Å². The lowest BCUT2D eigenvalue weighted by Crippen LogP contribution is -2.41. The number of sulfonamides is 1. The van der Waals surface area contributed by atoms with Gasteiger partial charge in [-0.2, -0.15) is 0 Å². The largest absolute Gasteiger partial charge is 0.326 e. The first-order valence-electron chi connectivity index (χ1n) is 12.7. The molecule has 0 atom stereocenters. The Hall–Kier alpha value is -3.00. The number of nitrogens with one attached hydrogen (secondary N) is 1. The molecule has 0 saturated carbocycles. The highest BCUT2D eigenvalue weighted by atomic mass is 35.5. The summed E-state index contributed by atoms with van der Waals surface area (Å²) >= 11 is 5.99. The predicted molar refractivity (Wildman–Crippen MR) is 152 cm³/mol. The number of rotatable bonds is 7. The molecule has 0 aliphatic carbocycles. The maximum atomic E-state index is 13.0. The average Bonchev–Trinajstić information content (AvgIpc) is 2.88. The molecule has 0 spiro atoms. The molecule has 8 heteroatoms. The van der Waals surface area contributed by atoms with Crippen LogP contribution in [0.2, 0.25) is 5.02 Å². The number of nitrogens with zero attached hydrogens (tertiary/aromatic N) is 1. The quantitative estimate of drug-likeness (QED) is 0.362. The molecule has 38 heavy (non-hydrogen) atoms. The summed E-state index contributed by atoms with van der Waals surface area (Å²) in [6.45, 7) is 6.94. The maximum Gasteiger partial charge on any atom is 0.227 e. The molecule has 1 saturated heterocycles. The zero-order valence-electron chi connectivity index (χ0n) is 21.9. The van der Waals surface area contributed by atoms with Crippen molar-refractivity contribution in [3.8, 4) is 0 Å². The molecule has 6 nitrogen and oxygen atoms in total. The fourth-order valence-corrected chi connectivity index (χ4v) is 6.36. The van der Waals surface area contributed by atoms with E-state index in [0.717, 1.165) is 5.56 Å². The molecule has 3 aromatic rings. The van der Waals surface area contributed by atoms with Crippen molar-refractivity contribution in [1.29, 1.82) is 0 Å². The van der Waals surface area contributed by atoms with Gasteiger partial charge < -0.3 is 5.32 Å². The smallest absolute Gasteiger partial charge is 0.227 e. The van der Waals surface area contributed by atoms with Crippen LogP contribution >= 0.6 is 11.6 Å². The van der Waals surface area contributed by atoms with Crippen molar-refractivity contribution in [1.82, 2.24) is 4.31 Å². The van der Waals surface area contributed by atoms with Crippen LogP contribution in [0, 0.1) is 5.92 Å². The number of hydrogen-bond donors (Lipinski definition) is 1. The minimum Gasteiger partial charge on any atom is -0.326 e. The number of anilines is 1. The minimum atomic E-state index is -3.51. The molecule has 1 amide bonds. The first kappa shape index (κ1) is 28.0. The highest BCUT2D eigenvalue weighted by Gasteiger charge is 2.31. The molecule has 1 fully saturated rings. The second-order valence-corrected chi connectivity index (χ2v) is 13.2. The molecule has 4 rings (SSSR count). The van der Waals surface area contributed by atoms with Crippen LogP contribution in [0.4, 0.5) is 5.69 Å². The first-order chi connectivity index (χ1) is 17.9. The van der Waals surface area contributed by atoms with Gasteiger partial charge in [-0.05, 0) is 53.6 Å². The van der Waals surface area contributed by atoms with Crippen molar-refractivity contribution < 1.29 is 18.0 Å². The van der Waals surface area contributed by atoms with E-state index in [1.54, 1.807) is 48.5 Å². The van der Waals surface area contributed by atoms with Crippen molar-refractivity contribution in [2.45, 2.75) is 44.8 Å². The van der Waals surface area contributed by atoms with E-state index < -0.39 is 10.0 Å². The second kappa shape index (κ2) is 11.4. The lowest BCUT2D eigenvalue weighted by atomic mass is 9.86. The van der Waals surface area contributed by atoms with Gasteiger partial charge in [-0.25, -0.2) is 12.7 Å².